The smallest absolute Gasteiger partial charge is 0.131 e. The fraction of sp³-hybridized carbons (Fsp3) is 0.391. The van der Waals surface area contributed by atoms with Gasteiger partial charge in [0.2, 0.25) is 0 Å². The summed E-state index contributed by atoms with van der Waals surface area (Å²) < 4.78 is 19.8. The summed E-state index contributed by atoms with van der Waals surface area (Å²) >= 11 is 0. The Balaban J connectivity index is 2.66. The normalized spacial score (nSPS) is 11.7. The average molecular weight is 340 g/mol. The maximum absolute atomic E-state index is 14.6. The topological polar surface area (TPSA) is 9.23 Å². The minimum atomic E-state index is -0.250. The molecule has 0 saturated heterocycles. The van der Waals surface area contributed by atoms with Crippen molar-refractivity contribution in [3.05, 3.63) is 59.9 Å². The molecule has 0 aliphatic carbocycles. The molecule has 2 heteroatoms. The number of halogens is 1. The molecule has 0 aromatic heterocycles. The predicted molar refractivity (Wildman–Crippen MR) is 105 cm³/mol. The first-order valence-corrected chi connectivity index (χ1v) is 8.80. The van der Waals surface area contributed by atoms with Crippen LogP contribution in [-0.4, -0.2) is 7.11 Å². The zero-order valence-electron chi connectivity index (χ0n) is 16.2. The first kappa shape index (κ1) is 19.2. The van der Waals surface area contributed by atoms with Crippen molar-refractivity contribution in [2.24, 2.45) is 11.3 Å². The zero-order valence-corrected chi connectivity index (χ0v) is 16.2. The molecule has 2 aromatic rings. The van der Waals surface area contributed by atoms with Crippen LogP contribution in [0.4, 0.5) is 4.39 Å². The lowest BCUT2D eigenvalue weighted by Crippen LogP contribution is -2.09. The van der Waals surface area contributed by atoms with Crippen molar-refractivity contribution in [2.75, 3.05) is 7.11 Å². The molecule has 25 heavy (non-hydrogen) atoms. The van der Waals surface area contributed by atoms with Crippen molar-refractivity contribution in [3.8, 4) is 16.9 Å². The lowest BCUT2D eigenvalue weighted by Gasteiger charge is -2.25. The molecule has 0 atom stereocenters. The highest BCUT2D eigenvalue weighted by molar-refractivity contribution is 5.83. The Hall–Kier alpha value is -2.09. The first-order valence-electron chi connectivity index (χ1n) is 8.80. The van der Waals surface area contributed by atoms with Gasteiger partial charge in [0.1, 0.15) is 11.6 Å². The van der Waals surface area contributed by atoms with Crippen LogP contribution < -0.4 is 4.74 Å². The Labute approximate surface area is 151 Å². The van der Waals surface area contributed by atoms with Gasteiger partial charge in [-0.15, -0.1) is 0 Å². The Morgan fingerprint density at radius 1 is 1.08 bits per heavy atom. The number of hydrogen-bond acceptors (Lipinski definition) is 1. The van der Waals surface area contributed by atoms with Crippen molar-refractivity contribution < 1.29 is 9.13 Å². The van der Waals surface area contributed by atoms with Gasteiger partial charge in [0, 0.05) is 5.56 Å². The van der Waals surface area contributed by atoms with E-state index in [4.69, 9.17) is 4.74 Å². The molecule has 0 heterocycles. The largest absolute Gasteiger partial charge is 0.497 e. The molecular weight excluding hydrogens is 311 g/mol. The number of ether oxygens (including phenoxy) is 1. The van der Waals surface area contributed by atoms with E-state index in [0.717, 1.165) is 23.1 Å². The highest BCUT2D eigenvalue weighted by Crippen LogP contribution is 2.40. The average Bonchev–Trinajstić information content (AvgIpc) is 2.53. The van der Waals surface area contributed by atoms with Crippen LogP contribution >= 0.6 is 0 Å². The molecule has 134 valence electrons. The van der Waals surface area contributed by atoms with Gasteiger partial charge in [-0.25, -0.2) is 4.39 Å². The molecule has 0 saturated carbocycles. The second-order valence-electron chi connectivity index (χ2n) is 8.05. The monoisotopic (exact) mass is 340 g/mol. The first-order chi connectivity index (χ1) is 11.6. The second-order valence-corrected chi connectivity index (χ2v) is 8.05. The standard InChI is InChI=1S/C23H29FO/c1-15(2)12-17-8-10-19(20(13-17)16(3)23(4,5)6)21-14-18(25-7)9-11-22(21)24/h8-11,13-15H,3,12H2,1-2,4-7H3. The summed E-state index contributed by atoms with van der Waals surface area (Å²) in [7, 11) is 1.59. The summed E-state index contributed by atoms with van der Waals surface area (Å²) in [5, 5.41) is 0. The van der Waals surface area contributed by atoms with Gasteiger partial charge < -0.3 is 4.74 Å². The quantitative estimate of drug-likeness (QED) is 0.584. The molecule has 0 radical (unpaired) electrons. The van der Waals surface area contributed by atoms with Gasteiger partial charge in [-0.3, -0.25) is 0 Å². The maximum Gasteiger partial charge on any atom is 0.131 e. The molecular formula is C23H29FO. The van der Waals surface area contributed by atoms with Crippen molar-refractivity contribution in [1.29, 1.82) is 0 Å². The number of methoxy groups -OCH3 is 1. The van der Waals surface area contributed by atoms with Crippen LogP contribution in [0.3, 0.4) is 0 Å². The summed E-state index contributed by atoms with van der Waals surface area (Å²) in [6.45, 7) is 15.1. The predicted octanol–water partition coefficient (Wildman–Crippen LogP) is 6.76. The third-order valence-electron chi connectivity index (χ3n) is 4.42. The summed E-state index contributed by atoms with van der Waals surface area (Å²) in [5.74, 6) is 0.963. The zero-order chi connectivity index (χ0) is 18.8. The van der Waals surface area contributed by atoms with E-state index in [9.17, 15) is 4.39 Å². The number of benzene rings is 2. The van der Waals surface area contributed by atoms with Crippen LogP contribution in [0.15, 0.2) is 43.0 Å². The van der Waals surface area contributed by atoms with E-state index in [1.165, 1.54) is 11.6 Å². The summed E-state index contributed by atoms with van der Waals surface area (Å²) in [5.41, 5.74) is 4.59. The molecule has 0 fully saturated rings. The van der Waals surface area contributed by atoms with E-state index < -0.39 is 0 Å². The summed E-state index contributed by atoms with van der Waals surface area (Å²) in [6, 6.07) is 11.1. The van der Waals surface area contributed by atoms with E-state index >= 15 is 0 Å². The van der Waals surface area contributed by atoms with E-state index in [2.05, 4.69) is 53.3 Å². The van der Waals surface area contributed by atoms with Gasteiger partial charge in [0.15, 0.2) is 0 Å². The van der Waals surface area contributed by atoms with E-state index in [1.54, 1.807) is 19.2 Å². The van der Waals surface area contributed by atoms with Gasteiger partial charge in [-0.2, -0.15) is 0 Å². The van der Waals surface area contributed by atoms with Gasteiger partial charge in [-0.1, -0.05) is 59.4 Å². The van der Waals surface area contributed by atoms with Crippen molar-refractivity contribution >= 4 is 5.57 Å². The van der Waals surface area contributed by atoms with Crippen LogP contribution in [0.1, 0.15) is 45.7 Å². The van der Waals surface area contributed by atoms with Crippen molar-refractivity contribution in [3.63, 3.8) is 0 Å². The van der Waals surface area contributed by atoms with Crippen molar-refractivity contribution in [1.82, 2.24) is 0 Å². The molecule has 0 N–H and O–H groups in total. The van der Waals surface area contributed by atoms with Crippen molar-refractivity contribution in [2.45, 2.75) is 41.0 Å². The van der Waals surface area contributed by atoms with Gasteiger partial charge >= 0.3 is 0 Å². The SMILES string of the molecule is C=C(c1cc(CC(C)C)ccc1-c1cc(OC)ccc1F)C(C)(C)C. The third kappa shape index (κ3) is 4.50. The molecule has 0 bridgehead atoms. The summed E-state index contributed by atoms with van der Waals surface area (Å²) in [4.78, 5) is 0. The fourth-order valence-corrected chi connectivity index (χ4v) is 2.92. The van der Waals surface area contributed by atoms with Gasteiger partial charge in [0.05, 0.1) is 7.11 Å². The number of rotatable bonds is 5. The molecule has 0 spiro atoms. The third-order valence-corrected chi connectivity index (χ3v) is 4.42. The van der Waals surface area contributed by atoms with Crippen LogP contribution in [-0.2, 0) is 6.42 Å². The molecule has 0 aliphatic rings. The maximum atomic E-state index is 14.6. The van der Waals surface area contributed by atoms with Gasteiger partial charge in [0.25, 0.3) is 0 Å². The minimum absolute atomic E-state index is 0.0967. The highest BCUT2D eigenvalue weighted by atomic mass is 19.1. The Morgan fingerprint density at radius 2 is 1.76 bits per heavy atom. The second kappa shape index (κ2) is 7.43. The van der Waals surface area contributed by atoms with Crippen LogP contribution in [0.25, 0.3) is 16.7 Å². The lowest BCUT2D eigenvalue weighted by molar-refractivity contribution is 0.414. The number of hydrogen-bond donors (Lipinski definition) is 0. The van der Waals surface area contributed by atoms with Crippen LogP contribution in [0, 0.1) is 17.2 Å². The molecule has 2 aromatic carbocycles. The van der Waals surface area contributed by atoms with Crippen LogP contribution in [0.2, 0.25) is 0 Å². The Morgan fingerprint density at radius 3 is 2.32 bits per heavy atom. The minimum Gasteiger partial charge on any atom is -0.497 e. The lowest BCUT2D eigenvalue weighted by atomic mass is 9.79. The molecule has 2 rings (SSSR count). The Bertz CT molecular complexity index is 766. The highest BCUT2D eigenvalue weighted by Gasteiger charge is 2.21. The molecule has 0 unspecified atom stereocenters. The van der Waals surface area contributed by atoms with E-state index in [0.29, 0.717) is 17.2 Å². The van der Waals surface area contributed by atoms with Gasteiger partial charge in [-0.05, 0) is 58.2 Å². The molecule has 0 aliphatic heterocycles. The van der Waals surface area contributed by atoms with E-state index in [1.807, 2.05) is 6.07 Å². The van der Waals surface area contributed by atoms with E-state index in [-0.39, 0.29) is 11.2 Å². The molecule has 1 nitrogen and oxygen atoms in total. The number of allylic oxidation sites excluding steroid dienone is 1. The fourth-order valence-electron chi connectivity index (χ4n) is 2.92. The van der Waals surface area contributed by atoms with Crippen LogP contribution in [0.5, 0.6) is 5.75 Å². The summed E-state index contributed by atoms with van der Waals surface area (Å²) in [6.07, 6.45) is 0.991. The molecule has 0 amide bonds. The Kier molecular flexibility index (Phi) is 5.72.